The van der Waals surface area contributed by atoms with Gasteiger partial charge in [0.15, 0.2) is 0 Å². The highest BCUT2D eigenvalue weighted by atomic mass is 16.3. The van der Waals surface area contributed by atoms with Gasteiger partial charge in [-0.15, -0.1) is 6.58 Å². The maximum Gasteiger partial charge on any atom is 0.0730 e. The first-order valence-corrected chi connectivity index (χ1v) is 6.39. The SMILES string of the molecule is C=CCCCCCC(O)C=CC#CC#CC=CC. The molecule has 1 unspecified atom stereocenters. The van der Waals surface area contributed by atoms with Crippen molar-refractivity contribution in [2.75, 3.05) is 0 Å². The number of aliphatic hydroxyl groups excluding tert-OH is 1. The molecule has 0 aliphatic heterocycles. The van der Waals surface area contributed by atoms with Gasteiger partial charge in [-0.05, 0) is 56.3 Å². The summed E-state index contributed by atoms with van der Waals surface area (Å²) in [5, 5.41) is 9.62. The molecule has 1 nitrogen and oxygen atoms in total. The second kappa shape index (κ2) is 13.4. The predicted molar refractivity (Wildman–Crippen MR) is 78.8 cm³/mol. The van der Waals surface area contributed by atoms with Crippen LogP contribution in [-0.4, -0.2) is 11.2 Å². The fraction of sp³-hybridized carbons (Fsp3) is 0.412. The summed E-state index contributed by atoms with van der Waals surface area (Å²) in [4.78, 5) is 0. The van der Waals surface area contributed by atoms with E-state index in [1.807, 2.05) is 19.1 Å². The Morgan fingerprint density at radius 3 is 2.50 bits per heavy atom. The normalized spacial score (nSPS) is 11.7. The van der Waals surface area contributed by atoms with Crippen molar-refractivity contribution in [3.63, 3.8) is 0 Å². The molecule has 0 aromatic heterocycles. The standard InChI is InChI=1S/C17H22O/c1-3-5-7-9-10-12-14-16-17(18)15-13-11-8-6-4-2/h3-5,14,16-18H,2,6,8,11,13,15H2,1H3. The molecule has 0 fully saturated rings. The molecule has 0 radical (unpaired) electrons. The molecule has 0 aliphatic rings. The van der Waals surface area contributed by atoms with Crippen molar-refractivity contribution in [3.05, 3.63) is 37.0 Å². The van der Waals surface area contributed by atoms with Crippen LogP contribution in [0.25, 0.3) is 0 Å². The van der Waals surface area contributed by atoms with Crippen LogP contribution in [0, 0.1) is 23.7 Å². The Balaban J connectivity index is 3.71. The van der Waals surface area contributed by atoms with E-state index in [-0.39, 0.29) is 0 Å². The van der Waals surface area contributed by atoms with Gasteiger partial charge in [-0.1, -0.05) is 36.8 Å². The predicted octanol–water partition coefficient (Wildman–Crippen LogP) is 3.62. The van der Waals surface area contributed by atoms with Crippen LogP contribution in [0.1, 0.15) is 39.0 Å². The number of allylic oxidation sites excluding steroid dienone is 4. The number of aliphatic hydroxyl groups is 1. The first-order valence-electron chi connectivity index (χ1n) is 6.39. The highest BCUT2D eigenvalue weighted by molar-refractivity contribution is 5.33. The molecule has 0 saturated carbocycles. The van der Waals surface area contributed by atoms with Crippen LogP contribution in [0.5, 0.6) is 0 Å². The zero-order chi connectivity index (χ0) is 13.5. The highest BCUT2D eigenvalue weighted by Gasteiger charge is 1.97. The van der Waals surface area contributed by atoms with Crippen molar-refractivity contribution < 1.29 is 5.11 Å². The molecule has 0 saturated heterocycles. The molecule has 0 aromatic carbocycles. The summed E-state index contributed by atoms with van der Waals surface area (Å²) in [6.07, 6.45) is 13.7. The third-order valence-electron chi connectivity index (χ3n) is 2.27. The molecule has 0 aromatic rings. The summed E-state index contributed by atoms with van der Waals surface area (Å²) in [7, 11) is 0. The van der Waals surface area contributed by atoms with Crippen LogP contribution < -0.4 is 0 Å². The van der Waals surface area contributed by atoms with Crippen LogP contribution in [0.2, 0.25) is 0 Å². The zero-order valence-corrected chi connectivity index (χ0v) is 11.2. The first-order chi connectivity index (χ1) is 8.81. The fourth-order valence-corrected chi connectivity index (χ4v) is 1.31. The maximum atomic E-state index is 9.62. The minimum absolute atomic E-state index is 0.397. The Morgan fingerprint density at radius 2 is 1.83 bits per heavy atom. The number of rotatable bonds is 7. The largest absolute Gasteiger partial charge is 0.389 e. The molecule has 1 atom stereocenters. The van der Waals surface area contributed by atoms with E-state index in [9.17, 15) is 5.11 Å². The summed E-state index contributed by atoms with van der Waals surface area (Å²) < 4.78 is 0. The highest BCUT2D eigenvalue weighted by Crippen LogP contribution is 2.06. The van der Waals surface area contributed by atoms with Gasteiger partial charge in [-0.25, -0.2) is 0 Å². The van der Waals surface area contributed by atoms with Crippen LogP contribution in [0.3, 0.4) is 0 Å². The fourth-order valence-electron chi connectivity index (χ4n) is 1.31. The Hall–Kier alpha value is -1.70. The van der Waals surface area contributed by atoms with Gasteiger partial charge >= 0.3 is 0 Å². The van der Waals surface area contributed by atoms with Crippen LogP contribution in [0.4, 0.5) is 0 Å². The van der Waals surface area contributed by atoms with Crippen LogP contribution in [0.15, 0.2) is 37.0 Å². The summed E-state index contributed by atoms with van der Waals surface area (Å²) in [6, 6.07) is 0. The third kappa shape index (κ3) is 12.4. The second-order valence-electron chi connectivity index (χ2n) is 3.89. The number of hydrogen-bond acceptors (Lipinski definition) is 1. The number of unbranched alkanes of at least 4 members (excludes halogenated alkanes) is 3. The Kier molecular flexibility index (Phi) is 12.1. The van der Waals surface area contributed by atoms with E-state index >= 15 is 0 Å². The van der Waals surface area contributed by atoms with E-state index in [1.54, 1.807) is 18.2 Å². The molecule has 0 aliphatic carbocycles. The lowest BCUT2D eigenvalue weighted by atomic mass is 10.1. The Bertz CT molecular complexity index is 379. The molecule has 18 heavy (non-hydrogen) atoms. The van der Waals surface area contributed by atoms with Crippen molar-refractivity contribution in [1.29, 1.82) is 0 Å². The minimum Gasteiger partial charge on any atom is -0.389 e. The van der Waals surface area contributed by atoms with Crippen molar-refractivity contribution in [2.45, 2.75) is 45.1 Å². The summed E-state index contributed by atoms with van der Waals surface area (Å²) in [5.74, 6) is 10.9. The molecule has 1 heteroatoms. The van der Waals surface area contributed by atoms with Crippen molar-refractivity contribution in [3.8, 4) is 23.7 Å². The molecule has 0 amide bonds. The van der Waals surface area contributed by atoms with Gasteiger partial charge in [0.1, 0.15) is 0 Å². The van der Waals surface area contributed by atoms with Crippen molar-refractivity contribution in [1.82, 2.24) is 0 Å². The van der Waals surface area contributed by atoms with E-state index in [4.69, 9.17) is 0 Å². The average Bonchev–Trinajstić information content (AvgIpc) is 2.37. The van der Waals surface area contributed by atoms with E-state index in [0.717, 1.165) is 32.1 Å². The lowest BCUT2D eigenvalue weighted by molar-refractivity contribution is 0.208. The first kappa shape index (κ1) is 16.3. The van der Waals surface area contributed by atoms with Crippen LogP contribution in [-0.2, 0) is 0 Å². The zero-order valence-electron chi connectivity index (χ0n) is 11.2. The maximum absolute atomic E-state index is 9.62. The van der Waals surface area contributed by atoms with Gasteiger partial charge < -0.3 is 5.11 Å². The third-order valence-corrected chi connectivity index (χ3v) is 2.27. The lowest BCUT2D eigenvalue weighted by Gasteiger charge is -2.03. The topological polar surface area (TPSA) is 20.2 Å². The van der Waals surface area contributed by atoms with Gasteiger partial charge in [0.05, 0.1) is 6.10 Å². The molecular weight excluding hydrogens is 220 g/mol. The second-order valence-corrected chi connectivity index (χ2v) is 3.89. The van der Waals surface area contributed by atoms with E-state index < -0.39 is 6.10 Å². The Labute approximate surface area is 111 Å². The molecule has 0 bridgehead atoms. The van der Waals surface area contributed by atoms with Crippen molar-refractivity contribution in [2.24, 2.45) is 0 Å². The van der Waals surface area contributed by atoms with E-state index in [0.29, 0.717) is 0 Å². The summed E-state index contributed by atoms with van der Waals surface area (Å²) in [6.45, 7) is 5.59. The molecule has 0 heterocycles. The monoisotopic (exact) mass is 242 g/mol. The minimum atomic E-state index is -0.397. The molecule has 1 N–H and O–H groups in total. The molecule has 0 spiro atoms. The van der Waals surface area contributed by atoms with Gasteiger partial charge in [0.2, 0.25) is 0 Å². The van der Waals surface area contributed by atoms with E-state index in [1.165, 1.54) is 0 Å². The average molecular weight is 242 g/mol. The Morgan fingerprint density at radius 1 is 1.11 bits per heavy atom. The summed E-state index contributed by atoms with van der Waals surface area (Å²) in [5.41, 5.74) is 0. The molecule has 96 valence electrons. The van der Waals surface area contributed by atoms with Crippen molar-refractivity contribution >= 4 is 0 Å². The molecule has 0 rings (SSSR count). The van der Waals surface area contributed by atoms with Gasteiger partial charge in [-0.2, -0.15) is 0 Å². The number of hydrogen-bond donors (Lipinski definition) is 1. The lowest BCUT2D eigenvalue weighted by Crippen LogP contribution is -2.01. The smallest absolute Gasteiger partial charge is 0.0730 e. The van der Waals surface area contributed by atoms with Gasteiger partial charge in [0, 0.05) is 0 Å². The summed E-state index contributed by atoms with van der Waals surface area (Å²) >= 11 is 0. The quantitative estimate of drug-likeness (QED) is 0.411. The van der Waals surface area contributed by atoms with Gasteiger partial charge in [-0.3, -0.25) is 0 Å². The van der Waals surface area contributed by atoms with Crippen LogP contribution >= 0.6 is 0 Å². The van der Waals surface area contributed by atoms with Gasteiger partial charge in [0.25, 0.3) is 0 Å². The molecular formula is C17H22O. The van der Waals surface area contributed by atoms with E-state index in [2.05, 4.69) is 30.3 Å².